The maximum atomic E-state index is 13.2. The van der Waals surface area contributed by atoms with Gasteiger partial charge in [0.15, 0.2) is 0 Å². The molecule has 12 heteroatoms. The topological polar surface area (TPSA) is 152 Å². The molecule has 2 aliphatic rings. The van der Waals surface area contributed by atoms with Crippen molar-refractivity contribution in [2.75, 3.05) is 46.5 Å². The van der Waals surface area contributed by atoms with Crippen molar-refractivity contribution >= 4 is 29.7 Å². The number of hydrogen-bond acceptors (Lipinski definition) is 9. The van der Waals surface area contributed by atoms with E-state index in [9.17, 15) is 29.6 Å². The first-order valence-corrected chi connectivity index (χ1v) is 15.6. The first-order valence-electron chi connectivity index (χ1n) is 15.6. The van der Waals surface area contributed by atoms with Gasteiger partial charge in [-0.05, 0) is 63.4 Å². The van der Waals surface area contributed by atoms with Gasteiger partial charge in [-0.25, -0.2) is 0 Å². The Kier molecular flexibility index (Phi) is 11.8. The largest absolute Gasteiger partial charge is 0.481 e. The van der Waals surface area contributed by atoms with E-state index in [1.54, 1.807) is 12.1 Å². The van der Waals surface area contributed by atoms with Crippen LogP contribution in [0, 0.1) is 16.0 Å². The van der Waals surface area contributed by atoms with Crippen LogP contribution in [0.1, 0.15) is 56.6 Å². The summed E-state index contributed by atoms with van der Waals surface area (Å²) < 4.78 is 10.9. The standard InChI is InChI=1S/C34H42N4O8/c1-4-27-30(32(40)41)29(24-12-14-26(15-13-24)38(43)44)31(28(35-27)22-45-3)37(23-39)19-9-18-36-20-16-34(17-21-36,33(42)46-5-2)25-10-7-6-8-11-25/h6-8,10-15,23,29-30H,4-5,9,16-22H2,1-3H3,(H,40,41). The Morgan fingerprint density at radius 1 is 1.13 bits per heavy atom. The third kappa shape index (κ3) is 7.34. The van der Waals surface area contributed by atoms with E-state index < -0.39 is 28.1 Å². The van der Waals surface area contributed by atoms with Crippen LogP contribution < -0.4 is 0 Å². The fraction of sp³-hybridized carbons (Fsp3) is 0.471. The zero-order chi connectivity index (χ0) is 33.3. The number of aliphatic carboxylic acids is 1. The molecule has 2 heterocycles. The molecule has 0 radical (unpaired) electrons. The van der Waals surface area contributed by atoms with Crippen molar-refractivity contribution in [2.45, 2.75) is 50.9 Å². The van der Waals surface area contributed by atoms with Gasteiger partial charge >= 0.3 is 11.9 Å². The smallest absolute Gasteiger partial charge is 0.316 e. The fourth-order valence-corrected chi connectivity index (χ4v) is 6.65. The number of carbonyl (C=O) groups excluding carboxylic acids is 2. The number of benzene rings is 2. The van der Waals surface area contributed by atoms with E-state index in [4.69, 9.17) is 9.47 Å². The van der Waals surface area contributed by atoms with Crippen molar-refractivity contribution in [3.63, 3.8) is 0 Å². The van der Waals surface area contributed by atoms with Crippen LogP contribution in [0.3, 0.4) is 0 Å². The molecule has 1 N–H and O–H groups in total. The van der Waals surface area contributed by atoms with Crippen LogP contribution in [-0.4, -0.2) is 90.4 Å². The van der Waals surface area contributed by atoms with Gasteiger partial charge < -0.3 is 24.4 Å². The van der Waals surface area contributed by atoms with E-state index in [-0.39, 0.29) is 24.8 Å². The third-order valence-electron chi connectivity index (χ3n) is 8.95. The van der Waals surface area contributed by atoms with Gasteiger partial charge in [-0.3, -0.25) is 29.5 Å². The molecule has 2 aliphatic heterocycles. The lowest BCUT2D eigenvalue weighted by atomic mass is 9.72. The highest BCUT2D eigenvalue weighted by Crippen LogP contribution is 2.42. The molecule has 1 amide bonds. The molecule has 1 fully saturated rings. The summed E-state index contributed by atoms with van der Waals surface area (Å²) in [6, 6.07) is 15.5. The van der Waals surface area contributed by atoms with E-state index in [0.717, 1.165) is 5.56 Å². The van der Waals surface area contributed by atoms with Crippen LogP contribution in [0.4, 0.5) is 5.69 Å². The molecule has 246 valence electrons. The number of non-ortho nitro benzene ring substituents is 1. The second-order valence-electron chi connectivity index (χ2n) is 11.5. The number of ether oxygens (including phenoxy) is 2. The monoisotopic (exact) mass is 634 g/mol. The molecule has 2 unspecified atom stereocenters. The maximum Gasteiger partial charge on any atom is 0.316 e. The van der Waals surface area contributed by atoms with Crippen molar-refractivity contribution in [2.24, 2.45) is 10.9 Å². The Balaban J connectivity index is 1.56. The van der Waals surface area contributed by atoms with Gasteiger partial charge in [-0.2, -0.15) is 0 Å². The van der Waals surface area contributed by atoms with Crippen LogP contribution >= 0.6 is 0 Å². The number of nitrogens with zero attached hydrogens (tertiary/aromatic N) is 4. The second-order valence-corrected chi connectivity index (χ2v) is 11.5. The Bertz CT molecular complexity index is 1450. The minimum atomic E-state index is -1.10. The Morgan fingerprint density at radius 2 is 1.80 bits per heavy atom. The molecule has 0 aromatic heterocycles. The van der Waals surface area contributed by atoms with Crippen LogP contribution in [0.5, 0.6) is 0 Å². The second kappa shape index (κ2) is 15.7. The number of esters is 1. The van der Waals surface area contributed by atoms with Gasteiger partial charge in [0.2, 0.25) is 6.41 Å². The highest BCUT2D eigenvalue weighted by atomic mass is 16.6. The highest BCUT2D eigenvalue weighted by molar-refractivity contribution is 6.04. The predicted octanol–water partition coefficient (Wildman–Crippen LogP) is 4.55. The van der Waals surface area contributed by atoms with Gasteiger partial charge in [0, 0.05) is 37.4 Å². The lowest BCUT2D eigenvalue weighted by Gasteiger charge is -2.40. The van der Waals surface area contributed by atoms with Gasteiger partial charge in [0.1, 0.15) is 5.92 Å². The predicted molar refractivity (Wildman–Crippen MR) is 171 cm³/mol. The first-order chi connectivity index (χ1) is 22.2. The van der Waals surface area contributed by atoms with E-state index in [0.29, 0.717) is 81.0 Å². The lowest BCUT2D eigenvalue weighted by molar-refractivity contribution is -0.384. The lowest BCUT2D eigenvalue weighted by Crippen LogP contribution is -2.48. The molecule has 0 bridgehead atoms. The molecule has 4 rings (SSSR count). The molecule has 0 spiro atoms. The number of rotatable bonds is 15. The van der Waals surface area contributed by atoms with E-state index in [2.05, 4.69) is 9.89 Å². The molecule has 12 nitrogen and oxygen atoms in total. The van der Waals surface area contributed by atoms with E-state index >= 15 is 0 Å². The average Bonchev–Trinajstić information content (AvgIpc) is 3.07. The number of aliphatic imine (C=N–C) groups is 1. The molecule has 46 heavy (non-hydrogen) atoms. The minimum absolute atomic E-state index is 0.0561. The third-order valence-corrected chi connectivity index (χ3v) is 8.95. The molecule has 2 atom stereocenters. The molecule has 2 aromatic rings. The maximum absolute atomic E-state index is 13.2. The first kappa shape index (κ1) is 34.5. The zero-order valence-corrected chi connectivity index (χ0v) is 26.6. The summed E-state index contributed by atoms with van der Waals surface area (Å²) in [4.78, 5) is 57.7. The normalized spacial score (nSPS) is 19.7. The Labute approximate surface area is 268 Å². The van der Waals surface area contributed by atoms with Crippen molar-refractivity contribution in [3.05, 3.63) is 87.2 Å². The van der Waals surface area contributed by atoms with Gasteiger partial charge in [0.05, 0.1) is 34.9 Å². The number of likely N-dealkylation sites (tertiary alicyclic amines) is 1. The molecule has 2 aromatic carbocycles. The summed E-state index contributed by atoms with van der Waals surface area (Å²) in [6.07, 6.45) is 2.84. The Morgan fingerprint density at radius 3 is 2.35 bits per heavy atom. The number of carbonyl (C=O) groups is 3. The van der Waals surface area contributed by atoms with Crippen molar-refractivity contribution < 1.29 is 33.9 Å². The summed E-state index contributed by atoms with van der Waals surface area (Å²) in [5, 5.41) is 21.7. The molecule has 0 aliphatic carbocycles. The number of piperidine rings is 1. The summed E-state index contributed by atoms with van der Waals surface area (Å²) in [5.74, 6) is -3.19. The molecular formula is C34H42N4O8. The van der Waals surface area contributed by atoms with E-state index in [1.165, 1.54) is 24.1 Å². The van der Waals surface area contributed by atoms with Gasteiger partial charge in [-0.15, -0.1) is 0 Å². The van der Waals surface area contributed by atoms with Crippen LogP contribution in [0.25, 0.3) is 0 Å². The number of nitro benzene ring substituents is 1. The molecule has 0 saturated carbocycles. The van der Waals surface area contributed by atoms with Crippen LogP contribution in [0.2, 0.25) is 0 Å². The summed E-state index contributed by atoms with van der Waals surface area (Å²) in [7, 11) is 1.50. The van der Waals surface area contributed by atoms with Crippen molar-refractivity contribution in [1.82, 2.24) is 9.80 Å². The highest BCUT2D eigenvalue weighted by Gasteiger charge is 2.45. The molecule has 1 saturated heterocycles. The van der Waals surface area contributed by atoms with Gasteiger partial charge in [0.25, 0.3) is 5.69 Å². The Hall–Kier alpha value is -4.42. The number of hydrogen-bond donors (Lipinski definition) is 1. The number of carboxylic acids is 1. The SMILES string of the molecule is CCOC(=O)C1(c2ccccc2)CCN(CCCN(C=O)C2=C(COC)N=C(CC)C(C(=O)O)C2c2ccc([N+](=O)[O-])cc2)CC1. The van der Waals surface area contributed by atoms with Crippen LogP contribution in [0.15, 0.2) is 71.0 Å². The number of methoxy groups -OCH3 is 1. The number of allylic oxidation sites excluding steroid dienone is 1. The number of carboxylic acid groups (broad SMARTS) is 1. The number of amides is 1. The average molecular weight is 635 g/mol. The van der Waals surface area contributed by atoms with E-state index in [1.807, 2.05) is 44.2 Å². The summed E-state index contributed by atoms with van der Waals surface area (Å²) in [5.41, 5.74) is 1.96. The van der Waals surface area contributed by atoms with Crippen molar-refractivity contribution in [1.29, 1.82) is 0 Å². The van der Waals surface area contributed by atoms with Crippen molar-refractivity contribution in [3.8, 4) is 0 Å². The summed E-state index contributed by atoms with van der Waals surface area (Å²) >= 11 is 0. The van der Waals surface area contributed by atoms with Gasteiger partial charge in [-0.1, -0.05) is 49.4 Å². The fourth-order valence-electron chi connectivity index (χ4n) is 6.65. The minimum Gasteiger partial charge on any atom is -0.481 e. The van der Waals surface area contributed by atoms with Crippen LogP contribution in [-0.2, 0) is 29.3 Å². The zero-order valence-electron chi connectivity index (χ0n) is 26.6. The molecular weight excluding hydrogens is 592 g/mol. The summed E-state index contributed by atoms with van der Waals surface area (Å²) in [6.45, 7) is 6.28. The quantitative estimate of drug-likeness (QED) is 0.129. The number of nitro groups is 1.